The number of phenolic OH excluding ortho intramolecular Hbond substituents is 1. The number of allylic oxidation sites excluding steroid dienone is 1. The maximum Gasteiger partial charge on any atom is 0.328 e. The minimum atomic E-state index is -1.18. The molecule has 3 nitrogen and oxygen atoms in total. The van der Waals surface area contributed by atoms with Crippen LogP contribution in [0.1, 0.15) is 48.8 Å². The molecule has 0 aromatic heterocycles. The second-order valence-electron chi connectivity index (χ2n) is 9.21. The number of aromatic hydroxyl groups is 1. The summed E-state index contributed by atoms with van der Waals surface area (Å²) in [6, 6.07) is 8.92. The molecule has 160 valence electrons. The van der Waals surface area contributed by atoms with Gasteiger partial charge in [-0.3, -0.25) is 0 Å². The van der Waals surface area contributed by atoms with Crippen LogP contribution >= 0.6 is 0 Å². The first kappa shape index (κ1) is 20.0. The van der Waals surface area contributed by atoms with Crippen molar-refractivity contribution in [3.8, 4) is 5.75 Å². The summed E-state index contributed by atoms with van der Waals surface area (Å²) < 4.78 is 30.7. The van der Waals surface area contributed by atoms with E-state index in [1.165, 1.54) is 24.6 Å². The zero-order valence-electron chi connectivity index (χ0n) is 17.0. The second-order valence-corrected chi connectivity index (χ2v) is 9.21. The molecule has 4 fully saturated rings. The lowest BCUT2D eigenvalue weighted by Crippen LogP contribution is -2.41. The Balaban J connectivity index is 1.69. The van der Waals surface area contributed by atoms with Crippen molar-refractivity contribution in [1.82, 2.24) is 0 Å². The Kier molecular flexibility index (Phi) is 4.92. The Labute approximate surface area is 179 Å². The van der Waals surface area contributed by atoms with Gasteiger partial charge >= 0.3 is 5.97 Å². The third-order valence-corrected chi connectivity index (χ3v) is 7.20. The molecule has 4 aliphatic rings. The van der Waals surface area contributed by atoms with Crippen LogP contribution in [-0.2, 0) is 4.79 Å². The van der Waals surface area contributed by atoms with Crippen molar-refractivity contribution in [2.75, 3.05) is 0 Å². The van der Waals surface area contributed by atoms with Crippen molar-refractivity contribution in [3.63, 3.8) is 0 Å². The van der Waals surface area contributed by atoms with Gasteiger partial charge in [0, 0.05) is 6.08 Å². The van der Waals surface area contributed by atoms with E-state index in [1.54, 1.807) is 24.3 Å². The molecule has 0 amide bonds. The predicted octanol–water partition coefficient (Wildman–Crippen LogP) is 6.03. The molecule has 2 aromatic rings. The molecule has 0 heterocycles. The van der Waals surface area contributed by atoms with Gasteiger partial charge in [-0.25, -0.2) is 13.6 Å². The molecule has 4 aliphatic carbocycles. The quantitative estimate of drug-likeness (QED) is 0.592. The van der Waals surface area contributed by atoms with E-state index >= 15 is 8.78 Å². The van der Waals surface area contributed by atoms with Crippen molar-refractivity contribution in [2.24, 2.45) is 23.7 Å². The number of benzene rings is 2. The molecule has 6 rings (SSSR count). The molecule has 0 radical (unpaired) electrons. The van der Waals surface area contributed by atoms with E-state index in [0.717, 1.165) is 37.3 Å². The Bertz CT molecular complexity index is 1050. The number of carboxylic acid groups (broad SMARTS) is 1. The molecule has 0 atom stereocenters. The number of aliphatic carboxylic acids is 1. The van der Waals surface area contributed by atoms with Crippen LogP contribution < -0.4 is 0 Å². The number of rotatable bonds is 4. The second kappa shape index (κ2) is 7.63. The monoisotopic (exact) mass is 422 g/mol. The van der Waals surface area contributed by atoms with Crippen molar-refractivity contribution >= 4 is 17.6 Å². The van der Waals surface area contributed by atoms with Gasteiger partial charge in [-0.05, 0) is 103 Å². The van der Waals surface area contributed by atoms with Crippen LogP contribution in [0.15, 0.2) is 48.0 Å². The summed E-state index contributed by atoms with van der Waals surface area (Å²) in [6.07, 6.45) is 7.64. The van der Waals surface area contributed by atoms with E-state index in [2.05, 4.69) is 0 Å². The average molecular weight is 422 g/mol. The topological polar surface area (TPSA) is 57.5 Å². The van der Waals surface area contributed by atoms with Crippen molar-refractivity contribution < 1.29 is 23.8 Å². The fourth-order valence-electron chi connectivity index (χ4n) is 6.28. The van der Waals surface area contributed by atoms with Gasteiger partial charge in [0.1, 0.15) is 17.4 Å². The lowest BCUT2D eigenvalue weighted by Gasteiger charge is -2.52. The van der Waals surface area contributed by atoms with Crippen LogP contribution in [0.25, 0.3) is 11.6 Å². The van der Waals surface area contributed by atoms with Gasteiger partial charge in [0.15, 0.2) is 0 Å². The third-order valence-electron chi connectivity index (χ3n) is 7.20. The van der Waals surface area contributed by atoms with Gasteiger partial charge in [-0.15, -0.1) is 0 Å². The van der Waals surface area contributed by atoms with E-state index in [4.69, 9.17) is 5.11 Å². The lowest BCUT2D eigenvalue weighted by molar-refractivity contribution is -0.131. The van der Waals surface area contributed by atoms with E-state index in [0.29, 0.717) is 34.8 Å². The number of halogens is 2. The zero-order chi connectivity index (χ0) is 21.7. The molecule has 5 heteroatoms. The molecule has 0 aliphatic heterocycles. The van der Waals surface area contributed by atoms with Gasteiger partial charge in [-0.1, -0.05) is 17.7 Å². The Morgan fingerprint density at radius 3 is 1.97 bits per heavy atom. The maximum atomic E-state index is 15.4. The Morgan fingerprint density at radius 1 is 0.903 bits per heavy atom. The van der Waals surface area contributed by atoms with E-state index in [9.17, 15) is 9.90 Å². The first-order chi connectivity index (χ1) is 14.9. The highest BCUT2D eigenvalue weighted by Crippen LogP contribution is 2.58. The molecule has 2 N–H and O–H groups in total. The number of hydrogen-bond donors (Lipinski definition) is 2. The molecular formula is C26H24F2O3. The van der Waals surface area contributed by atoms with Crippen LogP contribution in [0.4, 0.5) is 8.78 Å². The summed E-state index contributed by atoms with van der Waals surface area (Å²) in [5, 5.41) is 18.6. The minimum Gasteiger partial charge on any atom is -0.508 e. The lowest BCUT2D eigenvalue weighted by atomic mass is 9.53. The highest BCUT2D eigenvalue weighted by molar-refractivity contribution is 5.86. The summed E-state index contributed by atoms with van der Waals surface area (Å²) in [7, 11) is 0. The molecule has 31 heavy (non-hydrogen) atoms. The molecule has 0 spiro atoms. The van der Waals surface area contributed by atoms with Gasteiger partial charge in [0.2, 0.25) is 0 Å². The summed E-state index contributed by atoms with van der Waals surface area (Å²) in [4.78, 5) is 10.8. The highest BCUT2D eigenvalue weighted by atomic mass is 19.1. The Morgan fingerprint density at radius 2 is 1.45 bits per heavy atom. The van der Waals surface area contributed by atoms with E-state index < -0.39 is 17.6 Å². The van der Waals surface area contributed by atoms with Crippen LogP contribution in [0.3, 0.4) is 0 Å². The van der Waals surface area contributed by atoms with Crippen molar-refractivity contribution in [1.29, 1.82) is 0 Å². The SMILES string of the molecule is O=C(O)/C=C/c1cc(F)c(C(=C2C3CC4CC(C3)CC2C4)c2ccc(O)cc2)c(F)c1. The number of carboxylic acids is 1. The van der Waals surface area contributed by atoms with E-state index in [1.807, 2.05) is 0 Å². The summed E-state index contributed by atoms with van der Waals surface area (Å²) in [6.45, 7) is 0. The summed E-state index contributed by atoms with van der Waals surface area (Å²) in [5.74, 6) is -0.366. The normalized spacial score (nSPS) is 26.6. The largest absolute Gasteiger partial charge is 0.508 e. The fourth-order valence-corrected chi connectivity index (χ4v) is 6.28. The van der Waals surface area contributed by atoms with Gasteiger partial charge in [0.05, 0.1) is 5.56 Å². The first-order valence-corrected chi connectivity index (χ1v) is 10.8. The maximum absolute atomic E-state index is 15.4. The minimum absolute atomic E-state index is 0.0550. The number of carbonyl (C=O) groups is 1. The van der Waals surface area contributed by atoms with Gasteiger partial charge in [0.25, 0.3) is 0 Å². The van der Waals surface area contributed by atoms with Crippen LogP contribution in [0, 0.1) is 35.3 Å². The third kappa shape index (κ3) is 3.67. The molecular weight excluding hydrogens is 398 g/mol. The summed E-state index contributed by atoms with van der Waals surface area (Å²) in [5.41, 5.74) is 2.58. The highest BCUT2D eigenvalue weighted by Gasteiger charge is 2.46. The van der Waals surface area contributed by atoms with E-state index in [-0.39, 0.29) is 16.9 Å². The molecule has 0 saturated heterocycles. The van der Waals surface area contributed by atoms with Gasteiger partial charge in [-0.2, -0.15) is 0 Å². The van der Waals surface area contributed by atoms with Crippen LogP contribution in [0.5, 0.6) is 5.75 Å². The molecule has 2 aromatic carbocycles. The standard InChI is InChI=1S/C26H24F2O3/c27-21-12-14(1-6-23(30)31)13-22(28)26(21)25(17-2-4-20(29)5-3-17)24-18-8-15-7-16(10-18)11-19(24)9-15/h1-6,12-13,15-16,18-19,29H,7-11H2,(H,30,31)/b6-1+,25-24?. The molecule has 4 saturated carbocycles. The van der Waals surface area contributed by atoms with Gasteiger partial charge < -0.3 is 10.2 Å². The van der Waals surface area contributed by atoms with Crippen molar-refractivity contribution in [2.45, 2.75) is 32.1 Å². The fraction of sp³-hybridized carbons (Fsp3) is 0.346. The smallest absolute Gasteiger partial charge is 0.328 e. The Hall–Kier alpha value is -2.95. The zero-order valence-corrected chi connectivity index (χ0v) is 17.0. The number of hydrogen-bond acceptors (Lipinski definition) is 2. The van der Waals surface area contributed by atoms with Crippen molar-refractivity contribution in [3.05, 3.63) is 76.4 Å². The predicted molar refractivity (Wildman–Crippen MR) is 114 cm³/mol. The summed E-state index contributed by atoms with van der Waals surface area (Å²) >= 11 is 0. The van der Waals surface area contributed by atoms with Crippen LogP contribution in [-0.4, -0.2) is 16.2 Å². The first-order valence-electron chi connectivity index (χ1n) is 10.8. The average Bonchev–Trinajstić information content (AvgIpc) is 2.70. The molecule has 0 unspecified atom stereocenters. The number of phenols is 1. The van der Waals surface area contributed by atoms with Crippen LogP contribution in [0.2, 0.25) is 0 Å². The molecule has 4 bridgehead atoms.